The smallest absolute Gasteiger partial charge is 0.0896 e. The second-order valence-corrected chi connectivity index (χ2v) is 7.49. The summed E-state index contributed by atoms with van der Waals surface area (Å²) in [5.74, 6) is 0.620. The van der Waals surface area contributed by atoms with Gasteiger partial charge < -0.3 is 5.32 Å². The predicted molar refractivity (Wildman–Crippen MR) is 92.1 cm³/mol. The van der Waals surface area contributed by atoms with Crippen LogP contribution in [0, 0.1) is 19.8 Å². The van der Waals surface area contributed by atoms with Gasteiger partial charge in [0.15, 0.2) is 0 Å². The van der Waals surface area contributed by atoms with Gasteiger partial charge in [0.25, 0.3) is 0 Å². The largest absolute Gasteiger partial charge is 0.314 e. The molecule has 2 rings (SSSR count). The fourth-order valence-corrected chi connectivity index (χ4v) is 3.37. The zero-order valence-corrected chi connectivity index (χ0v) is 14.3. The van der Waals surface area contributed by atoms with Gasteiger partial charge in [0.2, 0.25) is 0 Å². The lowest BCUT2D eigenvalue weighted by atomic mass is 9.95. The van der Waals surface area contributed by atoms with Crippen molar-refractivity contribution < 1.29 is 0 Å². The van der Waals surface area contributed by atoms with E-state index in [9.17, 15) is 0 Å². The number of nitrogens with zero attached hydrogens (tertiary/aromatic N) is 1. The molecule has 1 aromatic carbocycles. The molecule has 0 saturated heterocycles. The van der Waals surface area contributed by atoms with Gasteiger partial charge in [-0.2, -0.15) is 0 Å². The molecule has 3 heteroatoms. The minimum absolute atomic E-state index is 0.536. The summed E-state index contributed by atoms with van der Waals surface area (Å²) < 4.78 is 0. The first-order valence-electron chi connectivity index (χ1n) is 7.73. The molecule has 0 bridgehead atoms. The lowest BCUT2D eigenvalue weighted by molar-refractivity contribution is 0.446. The molecular formula is C18H26N2S. The summed E-state index contributed by atoms with van der Waals surface area (Å²) in [7, 11) is 0. The van der Waals surface area contributed by atoms with Gasteiger partial charge in [-0.3, -0.25) is 0 Å². The molecule has 1 unspecified atom stereocenters. The van der Waals surface area contributed by atoms with Crippen LogP contribution in [0.5, 0.6) is 0 Å². The lowest BCUT2D eigenvalue weighted by Gasteiger charge is -2.19. The number of thiazole rings is 1. The van der Waals surface area contributed by atoms with E-state index < -0.39 is 0 Å². The van der Waals surface area contributed by atoms with E-state index in [0.717, 1.165) is 24.4 Å². The number of rotatable bonds is 7. The average molecular weight is 302 g/mol. The second-order valence-electron chi connectivity index (χ2n) is 6.17. The van der Waals surface area contributed by atoms with Crippen molar-refractivity contribution in [1.29, 1.82) is 0 Å². The van der Waals surface area contributed by atoms with Crippen molar-refractivity contribution >= 4 is 11.3 Å². The zero-order valence-electron chi connectivity index (χ0n) is 13.5. The molecule has 21 heavy (non-hydrogen) atoms. The Morgan fingerprint density at radius 1 is 1.10 bits per heavy atom. The number of hydrogen-bond donors (Lipinski definition) is 1. The first-order chi connectivity index (χ1) is 10.0. The monoisotopic (exact) mass is 302 g/mol. The highest BCUT2D eigenvalue weighted by Gasteiger charge is 2.13. The summed E-state index contributed by atoms with van der Waals surface area (Å²) in [4.78, 5) is 5.78. The molecule has 0 aliphatic rings. The summed E-state index contributed by atoms with van der Waals surface area (Å²) in [6, 6.07) is 9.47. The Hall–Kier alpha value is -1.19. The Bertz CT molecular complexity index is 543. The van der Waals surface area contributed by atoms with Gasteiger partial charge in [-0.1, -0.05) is 43.7 Å². The summed E-state index contributed by atoms with van der Waals surface area (Å²) in [5.41, 5.74) is 2.76. The van der Waals surface area contributed by atoms with Crippen molar-refractivity contribution in [3.05, 3.63) is 51.5 Å². The molecule has 0 spiro atoms. The first-order valence-corrected chi connectivity index (χ1v) is 8.55. The molecule has 1 atom stereocenters. The van der Waals surface area contributed by atoms with Crippen molar-refractivity contribution in [2.24, 2.45) is 5.92 Å². The van der Waals surface area contributed by atoms with Crippen LogP contribution in [0.1, 0.15) is 34.9 Å². The van der Waals surface area contributed by atoms with Crippen molar-refractivity contribution in [3.63, 3.8) is 0 Å². The Balaban J connectivity index is 2.02. The van der Waals surface area contributed by atoms with E-state index in [1.165, 1.54) is 16.0 Å². The van der Waals surface area contributed by atoms with Crippen molar-refractivity contribution in [2.75, 3.05) is 6.54 Å². The zero-order chi connectivity index (χ0) is 15.2. The van der Waals surface area contributed by atoms with E-state index in [1.54, 1.807) is 0 Å². The average Bonchev–Trinajstić information content (AvgIpc) is 2.84. The van der Waals surface area contributed by atoms with Gasteiger partial charge in [-0.15, -0.1) is 11.3 Å². The minimum atomic E-state index is 0.536. The SMILES string of the molecule is Cc1ccc(CC(CNC(C)C)Cc2cnc(C)s2)cc1. The minimum Gasteiger partial charge on any atom is -0.314 e. The van der Waals surface area contributed by atoms with Crippen LogP contribution in [0.3, 0.4) is 0 Å². The molecule has 0 fully saturated rings. The van der Waals surface area contributed by atoms with Crippen LogP contribution in [0.2, 0.25) is 0 Å². The third-order valence-electron chi connectivity index (χ3n) is 3.62. The maximum atomic E-state index is 4.38. The van der Waals surface area contributed by atoms with Crippen molar-refractivity contribution in [3.8, 4) is 0 Å². The Morgan fingerprint density at radius 3 is 2.38 bits per heavy atom. The quantitative estimate of drug-likeness (QED) is 0.830. The first kappa shape index (κ1) is 16.2. The summed E-state index contributed by atoms with van der Waals surface area (Å²) in [6.07, 6.45) is 4.27. The van der Waals surface area contributed by atoms with Crippen LogP contribution in [-0.4, -0.2) is 17.6 Å². The number of benzene rings is 1. The standard InChI is InChI=1S/C18H26N2S/c1-13(2)19-11-17(10-18-12-20-15(4)21-18)9-16-7-5-14(3)6-8-16/h5-8,12-13,17,19H,9-11H2,1-4H3. The summed E-state index contributed by atoms with van der Waals surface area (Å²) >= 11 is 1.82. The van der Waals surface area contributed by atoms with Crippen molar-refractivity contribution in [2.45, 2.75) is 46.6 Å². The number of aryl methyl sites for hydroxylation is 2. The fourth-order valence-electron chi connectivity index (χ4n) is 2.46. The van der Waals surface area contributed by atoms with Crippen LogP contribution >= 0.6 is 11.3 Å². The van der Waals surface area contributed by atoms with Crippen LogP contribution in [-0.2, 0) is 12.8 Å². The highest BCUT2D eigenvalue weighted by atomic mass is 32.1. The van der Waals surface area contributed by atoms with E-state index in [0.29, 0.717) is 12.0 Å². The Labute approximate surface area is 132 Å². The molecule has 1 aromatic heterocycles. The Kier molecular flexibility index (Phi) is 5.95. The molecular weight excluding hydrogens is 276 g/mol. The van der Waals surface area contributed by atoms with Crippen LogP contribution in [0.25, 0.3) is 0 Å². The van der Waals surface area contributed by atoms with E-state index in [1.807, 2.05) is 17.5 Å². The third-order valence-corrected chi connectivity index (χ3v) is 4.55. The number of aromatic nitrogens is 1. The molecule has 0 radical (unpaired) electrons. The van der Waals surface area contributed by atoms with Gasteiger partial charge in [-0.25, -0.2) is 4.98 Å². The highest BCUT2D eigenvalue weighted by molar-refractivity contribution is 7.11. The summed E-state index contributed by atoms with van der Waals surface area (Å²) in [5, 5.41) is 4.75. The fraction of sp³-hybridized carbons (Fsp3) is 0.500. The normalized spacial score (nSPS) is 12.8. The van der Waals surface area contributed by atoms with Crippen molar-refractivity contribution in [1.82, 2.24) is 10.3 Å². The van der Waals surface area contributed by atoms with Gasteiger partial charge in [-0.05, 0) is 44.7 Å². The van der Waals surface area contributed by atoms with Gasteiger partial charge in [0.1, 0.15) is 0 Å². The second kappa shape index (κ2) is 7.71. The third kappa shape index (κ3) is 5.60. The topological polar surface area (TPSA) is 24.9 Å². The maximum absolute atomic E-state index is 4.38. The molecule has 2 nitrogen and oxygen atoms in total. The molecule has 0 aliphatic heterocycles. The molecule has 0 amide bonds. The predicted octanol–water partition coefficient (Wildman–Crippen LogP) is 4.16. The maximum Gasteiger partial charge on any atom is 0.0896 e. The highest BCUT2D eigenvalue weighted by Crippen LogP contribution is 2.19. The van der Waals surface area contributed by atoms with Gasteiger partial charge in [0.05, 0.1) is 5.01 Å². The summed E-state index contributed by atoms with van der Waals surface area (Å²) in [6.45, 7) is 9.69. The molecule has 0 aliphatic carbocycles. The van der Waals surface area contributed by atoms with Crippen LogP contribution in [0.15, 0.2) is 30.5 Å². The van der Waals surface area contributed by atoms with E-state index in [-0.39, 0.29) is 0 Å². The molecule has 1 N–H and O–H groups in total. The number of nitrogens with one attached hydrogen (secondary N) is 1. The van der Waals surface area contributed by atoms with E-state index >= 15 is 0 Å². The molecule has 114 valence electrons. The Morgan fingerprint density at radius 2 is 1.81 bits per heavy atom. The van der Waals surface area contributed by atoms with E-state index in [4.69, 9.17) is 0 Å². The van der Waals surface area contributed by atoms with Gasteiger partial charge >= 0.3 is 0 Å². The lowest BCUT2D eigenvalue weighted by Crippen LogP contribution is -2.30. The molecule has 1 heterocycles. The van der Waals surface area contributed by atoms with Crippen LogP contribution < -0.4 is 5.32 Å². The van der Waals surface area contributed by atoms with Crippen LogP contribution in [0.4, 0.5) is 0 Å². The number of hydrogen-bond acceptors (Lipinski definition) is 3. The van der Waals surface area contributed by atoms with Gasteiger partial charge in [0, 0.05) is 17.1 Å². The van der Waals surface area contributed by atoms with E-state index in [2.05, 4.69) is 62.3 Å². The molecule has 2 aromatic rings. The molecule has 0 saturated carbocycles.